The first-order chi connectivity index (χ1) is 11.5. The van der Waals surface area contributed by atoms with E-state index in [1.54, 1.807) is 9.80 Å². The van der Waals surface area contributed by atoms with Crippen LogP contribution in [0.15, 0.2) is 19.8 Å². The number of nitrogens with zero attached hydrogens (tertiary/aromatic N) is 3. The molecule has 1 fully saturated rings. The van der Waals surface area contributed by atoms with Crippen LogP contribution in [0.3, 0.4) is 0 Å². The van der Waals surface area contributed by atoms with Crippen molar-refractivity contribution in [1.29, 1.82) is 0 Å². The molecule has 0 N–H and O–H groups in total. The van der Waals surface area contributed by atoms with Crippen molar-refractivity contribution >= 4 is 39.1 Å². The van der Waals surface area contributed by atoms with E-state index in [-0.39, 0.29) is 11.8 Å². The van der Waals surface area contributed by atoms with Crippen molar-refractivity contribution in [2.45, 2.75) is 20.3 Å². The number of amides is 2. The van der Waals surface area contributed by atoms with Crippen LogP contribution >= 0.6 is 27.3 Å². The van der Waals surface area contributed by atoms with Crippen LogP contribution in [-0.2, 0) is 11.2 Å². The molecule has 24 heavy (non-hydrogen) atoms. The van der Waals surface area contributed by atoms with Gasteiger partial charge in [0.15, 0.2) is 0 Å². The van der Waals surface area contributed by atoms with Gasteiger partial charge >= 0.3 is 0 Å². The lowest BCUT2D eigenvalue weighted by atomic mass is 10.1. The first kappa shape index (κ1) is 17.2. The molecular weight excluding hydrogens is 394 g/mol. The summed E-state index contributed by atoms with van der Waals surface area (Å²) in [6.45, 7) is 5.88. The summed E-state index contributed by atoms with van der Waals surface area (Å²) in [6.07, 6.45) is 0.298. The molecule has 6 nitrogen and oxygen atoms in total. The first-order valence-corrected chi connectivity index (χ1v) is 9.36. The van der Waals surface area contributed by atoms with E-state index in [4.69, 9.17) is 4.52 Å². The van der Waals surface area contributed by atoms with Gasteiger partial charge in [-0.2, -0.15) is 0 Å². The van der Waals surface area contributed by atoms with Gasteiger partial charge in [0.1, 0.15) is 5.76 Å². The van der Waals surface area contributed by atoms with E-state index in [1.807, 2.05) is 25.3 Å². The highest BCUT2D eigenvalue weighted by Gasteiger charge is 2.26. The maximum atomic E-state index is 12.5. The fourth-order valence-corrected chi connectivity index (χ4v) is 3.91. The van der Waals surface area contributed by atoms with Crippen molar-refractivity contribution in [1.82, 2.24) is 15.0 Å². The molecule has 3 heterocycles. The van der Waals surface area contributed by atoms with E-state index in [0.717, 1.165) is 15.0 Å². The molecule has 128 valence electrons. The summed E-state index contributed by atoms with van der Waals surface area (Å²) in [6, 6.07) is 1.84. The summed E-state index contributed by atoms with van der Waals surface area (Å²) in [5.74, 6) is 0.766. The monoisotopic (exact) mass is 411 g/mol. The summed E-state index contributed by atoms with van der Waals surface area (Å²) < 4.78 is 6.05. The third-order valence-corrected chi connectivity index (χ3v) is 5.75. The smallest absolute Gasteiger partial charge is 0.254 e. The fraction of sp³-hybridized carbons (Fsp3) is 0.438. The van der Waals surface area contributed by atoms with E-state index >= 15 is 0 Å². The molecular formula is C16H18BrN3O3S. The number of hydrogen-bond acceptors (Lipinski definition) is 5. The van der Waals surface area contributed by atoms with Gasteiger partial charge < -0.3 is 14.3 Å². The van der Waals surface area contributed by atoms with Crippen LogP contribution in [0.1, 0.15) is 27.4 Å². The summed E-state index contributed by atoms with van der Waals surface area (Å²) in [5.41, 5.74) is 2.32. The number of carbonyl (C=O) groups excluding carboxylic acids is 2. The maximum absolute atomic E-state index is 12.5. The Bertz CT molecular complexity index is 743. The zero-order valence-corrected chi connectivity index (χ0v) is 15.9. The van der Waals surface area contributed by atoms with Gasteiger partial charge in [-0.15, -0.1) is 11.3 Å². The lowest BCUT2D eigenvalue weighted by Crippen LogP contribution is -2.51. The van der Waals surface area contributed by atoms with Gasteiger partial charge in [0.25, 0.3) is 5.91 Å². The molecule has 1 aliphatic rings. The number of piperazine rings is 1. The van der Waals surface area contributed by atoms with Crippen molar-refractivity contribution in [2.24, 2.45) is 0 Å². The van der Waals surface area contributed by atoms with Crippen molar-refractivity contribution in [3.05, 3.63) is 37.8 Å². The zero-order valence-electron chi connectivity index (χ0n) is 13.5. The highest BCUT2D eigenvalue weighted by Crippen LogP contribution is 2.22. The first-order valence-electron chi connectivity index (χ1n) is 7.68. The molecule has 2 aromatic heterocycles. The molecule has 1 aliphatic heterocycles. The number of aryl methyl sites for hydroxylation is 2. The number of aromatic nitrogens is 1. The van der Waals surface area contributed by atoms with Crippen LogP contribution < -0.4 is 0 Å². The number of halogens is 1. The summed E-state index contributed by atoms with van der Waals surface area (Å²) in [7, 11) is 0. The van der Waals surface area contributed by atoms with Crippen molar-refractivity contribution in [3.63, 3.8) is 0 Å². The third kappa shape index (κ3) is 3.54. The van der Waals surface area contributed by atoms with Gasteiger partial charge in [0, 0.05) is 37.1 Å². The fourth-order valence-electron chi connectivity index (χ4n) is 2.78. The summed E-state index contributed by atoms with van der Waals surface area (Å²) in [4.78, 5) is 28.5. The van der Waals surface area contributed by atoms with Gasteiger partial charge in [-0.25, -0.2) is 0 Å². The van der Waals surface area contributed by atoms with Crippen LogP contribution in [0.25, 0.3) is 0 Å². The predicted molar refractivity (Wildman–Crippen MR) is 94.2 cm³/mol. The van der Waals surface area contributed by atoms with Crippen LogP contribution in [-0.4, -0.2) is 52.9 Å². The maximum Gasteiger partial charge on any atom is 0.254 e. The SMILES string of the molecule is Cc1noc(C)c1CC(=O)N1CCN(C(=O)c2csc(Br)c2)CC1. The van der Waals surface area contributed by atoms with E-state index < -0.39 is 0 Å². The average Bonchev–Trinajstić information content (AvgIpc) is 3.15. The minimum absolute atomic E-state index is 0.0229. The highest BCUT2D eigenvalue weighted by molar-refractivity contribution is 9.11. The van der Waals surface area contributed by atoms with E-state index in [2.05, 4.69) is 21.1 Å². The van der Waals surface area contributed by atoms with Crippen LogP contribution in [0, 0.1) is 13.8 Å². The molecule has 0 unspecified atom stereocenters. The van der Waals surface area contributed by atoms with Crippen LogP contribution in [0.2, 0.25) is 0 Å². The molecule has 8 heteroatoms. The Balaban J connectivity index is 1.57. The third-order valence-electron chi connectivity index (χ3n) is 4.24. The second kappa shape index (κ2) is 7.06. The van der Waals surface area contributed by atoms with Crippen molar-refractivity contribution in [2.75, 3.05) is 26.2 Å². The van der Waals surface area contributed by atoms with Crippen LogP contribution in [0.4, 0.5) is 0 Å². The lowest BCUT2D eigenvalue weighted by Gasteiger charge is -2.34. The average molecular weight is 412 g/mol. The number of hydrogen-bond donors (Lipinski definition) is 0. The lowest BCUT2D eigenvalue weighted by molar-refractivity contribution is -0.131. The van der Waals surface area contributed by atoms with Crippen LogP contribution in [0.5, 0.6) is 0 Å². The van der Waals surface area contributed by atoms with E-state index in [0.29, 0.717) is 43.9 Å². The molecule has 1 saturated heterocycles. The van der Waals surface area contributed by atoms with Gasteiger partial charge in [-0.1, -0.05) is 5.16 Å². The number of carbonyl (C=O) groups is 2. The van der Waals surface area contributed by atoms with Crippen molar-refractivity contribution < 1.29 is 14.1 Å². The molecule has 0 atom stereocenters. The second-order valence-corrected chi connectivity index (χ2v) is 8.08. The van der Waals surface area contributed by atoms with Gasteiger partial charge in [0.05, 0.1) is 21.5 Å². The Hall–Kier alpha value is -1.67. The second-order valence-electron chi connectivity index (χ2n) is 5.79. The minimum Gasteiger partial charge on any atom is -0.361 e. The molecule has 0 radical (unpaired) electrons. The largest absolute Gasteiger partial charge is 0.361 e. The highest BCUT2D eigenvalue weighted by atomic mass is 79.9. The Morgan fingerprint density at radius 1 is 1.25 bits per heavy atom. The quantitative estimate of drug-likeness (QED) is 0.778. The zero-order chi connectivity index (χ0) is 17.3. The molecule has 0 saturated carbocycles. The number of rotatable bonds is 3. The van der Waals surface area contributed by atoms with Gasteiger partial charge in [0.2, 0.25) is 5.91 Å². The van der Waals surface area contributed by atoms with E-state index in [1.165, 1.54) is 11.3 Å². The molecule has 2 aromatic rings. The molecule has 0 bridgehead atoms. The summed E-state index contributed by atoms with van der Waals surface area (Å²) >= 11 is 4.87. The Kier molecular flexibility index (Phi) is 5.05. The van der Waals surface area contributed by atoms with Gasteiger partial charge in [-0.05, 0) is 35.8 Å². The standard InChI is InChI=1S/C16H18BrN3O3S/c1-10-13(11(2)23-18-10)8-15(21)19-3-5-20(6-4-19)16(22)12-7-14(17)24-9-12/h7,9H,3-6,8H2,1-2H3. The Labute approximate surface area is 152 Å². The molecule has 0 spiro atoms. The molecule has 0 aliphatic carbocycles. The molecule has 3 rings (SSSR count). The Morgan fingerprint density at radius 2 is 1.92 bits per heavy atom. The summed E-state index contributed by atoms with van der Waals surface area (Å²) in [5, 5.41) is 5.73. The van der Waals surface area contributed by atoms with Crippen molar-refractivity contribution in [3.8, 4) is 0 Å². The molecule has 2 amide bonds. The Morgan fingerprint density at radius 3 is 2.46 bits per heavy atom. The topological polar surface area (TPSA) is 66.7 Å². The minimum atomic E-state index is 0.0229. The van der Waals surface area contributed by atoms with Gasteiger partial charge in [-0.3, -0.25) is 9.59 Å². The molecule has 0 aromatic carbocycles. The van der Waals surface area contributed by atoms with E-state index in [9.17, 15) is 9.59 Å². The normalized spacial score (nSPS) is 15.0. The number of thiophene rings is 1. The predicted octanol–water partition coefficient (Wildman–Crippen LogP) is 2.64.